The summed E-state index contributed by atoms with van der Waals surface area (Å²) < 4.78 is 56.5. The van der Waals surface area contributed by atoms with Crippen molar-refractivity contribution >= 4 is 49.2 Å². The molecule has 2 aromatic rings. The lowest BCUT2D eigenvalue weighted by molar-refractivity contribution is -0.122. The zero-order valence-electron chi connectivity index (χ0n) is 19.1. The fraction of sp³-hybridized carbons (Fsp3) is 0.500. The SMILES string of the molecule is CC(C)C[C@@H](C(N)=O)N(CCCCNS(=O)(=O)c1ccc(Cl)cc1Cl)S(=O)(=O)c1cn(C)cn1. The molecule has 3 N–H and O–H groups in total. The van der Waals surface area contributed by atoms with E-state index >= 15 is 0 Å². The maximum Gasteiger partial charge on any atom is 0.262 e. The topological polar surface area (TPSA) is 144 Å². The van der Waals surface area contributed by atoms with Crippen LogP contribution >= 0.6 is 23.2 Å². The van der Waals surface area contributed by atoms with Gasteiger partial charge in [-0.15, -0.1) is 0 Å². The Bertz CT molecular complexity index is 1220. The Morgan fingerprint density at radius 2 is 1.88 bits per heavy atom. The van der Waals surface area contributed by atoms with Crippen LogP contribution in [0.4, 0.5) is 0 Å². The molecule has 1 atom stereocenters. The minimum atomic E-state index is -4.11. The molecule has 1 aromatic heterocycles. The van der Waals surface area contributed by atoms with Crippen molar-refractivity contribution in [3.63, 3.8) is 0 Å². The number of halogens is 2. The number of rotatable bonds is 13. The number of sulfonamides is 2. The van der Waals surface area contributed by atoms with Gasteiger partial charge in [0.25, 0.3) is 10.0 Å². The van der Waals surface area contributed by atoms with Gasteiger partial charge >= 0.3 is 0 Å². The average molecular weight is 555 g/mol. The summed E-state index contributed by atoms with van der Waals surface area (Å²) >= 11 is 11.8. The molecule has 0 radical (unpaired) electrons. The van der Waals surface area contributed by atoms with Crippen LogP contribution < -0.4 is 10.5 Å². The van der Waals surface area contributed by atoms with Crippen LogP contribution in [0.25, 0.3) is 0 Å². The highest BCUT2D eigenvalue weighted by atomic mass is 35.5. The number of unbranched alkanes of at least 4 members (excludes halogenated alkanes) is 1. The second kappa shape index (κ2) is 11.8. The summed E-state index contributed by atoms with van der Waals surface area (Å²) in [5.74, 6) is -0.749. The molecule has 0 fully saturated rings. The molecule has 1 aromatic carbocycles. The number of hydrogen-bond acceptors (Lipinski definition) is 6. The molecule has 1 amide bonds. The van der Waals surface area contributed by atoms with Crippen molar-refractivity contribution in [1.29, 1.82) is 0 Å². The van der Waals surface area contributed by atoms with E-state index < -0.39 is 32.0 Å². The number of hydrogen-bond donors (Lipinski definition) is 2. The quantitative estimate of drug-likeness (QED) is 0.364. The van der Waals surface area contributed by atoms with E-state index in [0.29, 0.717) is 11.4 Å². The Balaban J connectivity index is 2.12. The van der Waals surface area contributed by atoms with Crippen molar-refractivity contribution in [2.45, 2.75) is 49.1 Å². The van der Waals surface area contributed by atoms with E-state index in [1.165, 1.54) is 35.3 Å². The van der Waals surface area contributed by atoms with Crippen LogP contribution in [-0.4, -0.2) is 55.7 Å². The lowest BCUT2D eigenvalue weighted by Crippen LogP contribution is -2.49. The summed E-state index contributed by atoms with van der Waals surface area (Å²) in [4.78, 5) is 16.0. The number of carbonyl (C=O) groups is 1. The van der Waals surface area contributed by atoms with Crippen molar-refractivity contribution in [2.24, 2.45) is 18.7 Å². The third kappa shape index (κ3) is 7.40. The maximum absolute atomic E-state index is 13.3. The fourth-order valence-electron chi connectivity index (χ4n) is 3.28. The van der Waals surface area contributed by atoms with E-state index in [9.17, 15) is 21.6 Å². The number of primary amides is 1. The highest BCUT2D eigenvalue weighted by molar-refractivity contribution is 7.89. The number of aryl methyl sites for hydroxylation is 1. The first kappa shape index (κ1) is 28.5. The Labute approximate surface area is 210 Å². The third-order valence-electron chi connectivity index (χ3n) is 4.91. The van der Waals surface area contributed by atoms with Gasteiger partial charge in [0.1, 0.15) is 10.9 Å². The van der Waals surface area contributed by atoms with Crippen LogP contribution in [0, 0.1) is 5.92 Å². The predicted molar refractivity (Wildman–Crippen MR) is 130 cm³/mol. The number of imidazole rings is 1. The first-order chi connectivity index (χ1) is 15.8. The van der Waals surface area contributed by atoms with Crippen molar-refractivity contribution in [2.75, 3.05) is 13.1 Å². The minimum absolute atomic E-state index is 0.00869. The number of amides is 1. The van der Waals surface area contributed by atoms with Gasteiger partial charge in [0, 0.05) is 31.4 Å². The largest absolute Gasteiger partial charge is 0.368 e. The zero-order valence-corrected chi connectivity index (χ0v) is 22.3. The van der Waals surface area contributed by atoms with Crippen LogP contribution in [0.15, 0.2) is 40.6 Å². The van der Waals surface area contributed by atoms with E-state index in [0.717, 1.165) is 4.31 Å². The lowest BCUT2D eigenvalue weighted by Gasteiger charge is -2.29. The highest BCUT2D eigenvalue weighted by Gasteiger charge is 2.36. The van der Waals surface area contributed by atoms with Crippen molar-refractivity contribution < 1.29 is 21.6 Å². The molecule has 10 nitrogen and oxygen atoms in total. The van der Waals surface area contributed by atoms with Crippen LogP contribution in [-0.2, 0) is 31.9 Å². The number of nitrogens with one attached hydrogen (secondary N) is 1. The van der Waals surface area contributed by atoms with Crippen LogP contribution in [0.2, 0.25) is 10.0 Å². The number of benzene rings is 1. The zero-order chi connectivity index (χ0) is 25.7. The molecule has 0 bridgehead atoms. The molecule has 34 heavy (non-hydrogen) atoms. The van der Waals surface area contributed by atoms with Crippen molar-refractivity contribution in [1.82, 2.24) is 18.6 Å². The molecule has 0 unspecified atom stereocenters. The first-order valence-electron chi connectivity index (χ1n) is 10.5. The molecule has 2 rings (SSSR count). The van der Waals surface area contributed by atoms with E-state index in [1.807, 2.05) is 13.8 Å². The molecule has 0 aliphatic carbocycles. The molecule has 1 heterocycles. The highest BCUT2D eigenvalue weighted by Crippen LogP contribution is 2.25. The van der Waals surface area contributed by atoms with Gasteiger partial charge in [-0.3, -0.25) is 4.79 Å². The molecular formula is C20H29Cl2N5O5S2. The normalized spacial score (nSPS) is 13.5. The van der Waals surface area contributed by atoms with E-state index in [2.05, 4.69) is 9.71 Å². The van der Waals surface area contributed by atoms with E-state index in [-0.39, 0.29) is 46.8 Å². The number of aromatic nitrogens is 2. The smallest absolute Gasteiger partial charge is 0.262 e. The van der Waals surface area contributed by atoms with Crippen molar-refractivity contribution in [3.05, 3.63) is 40.8 Å². The second-order valence-corrected chi connectivity index (χ2v) is 12.6. The van der Waals surface area contributed by atoms with E-state index in [4.69, 9.17) is 28.9 Å². The van der Waals surface area contributed by atoms with Gasteiger partial charge < -0.3 is 10.3 Å². The first-order valence-corrected chi connectivity index (χ1v) is 14.2. The molecule has 14 heteroatoms. The Morgan fingerprint density at radius 1 is 1.21 bits per heavy atom. The molecule has 0 aliphatic rings. The summed E-state index contributed by atoms with van der Waals surface area (Å²) in [7, 11) is -6.35. The standard InChI is InChI=1S/C20H29Cl2N5O5S2/c1-14(2)10-17(20(23)28)27(34(31,32)19-12-26(3)13-24-19)9-5-4-8-25-33(29,30)18-7-6-15(21)11-16(18)22/h6-7,11-14,17,25H,4-5,8-10H2,1-3H3,(H2,23,28)/t17-/m0/s1. The Kier molecular flexibility index (Phi) is 9.92. The Morgan fingerprint density at radius 3 is 2.41 bits per heavy atom. The molecular weight excluding hydrogens is 525 g/mol. The lowest BCUT2D eigenvalue weighted by atomic mass is 10.0. The van der Waals surface area contributed by atoms with E-state index in [1.54, 1.807) is 7.05 Å². The van der Waals surface area contributed by atoms with Gasteiger partial charge in [0.2, 0.25) is 15.9 Å². The third-order valence-corrected chi connectivity index (χ3v) is 8.88. The number of nitrogens with zero attached hydrogens (tertiary/aromatic N) is 3. The van der Waals surface area contributed by atoms with Crippen molar-refractivity contribution in [3.8, 4) is 0 Å². The monoisotopic (exact) mass is 553 g/mol. The average Bonchev–Trinajstić information content (AvgIpc) is 3.15. The fourth-order valence-corrected chi connectivity index (χ4v) is 6.74. The minimum Gasteiger partial charge on any atom is -0.368 e. The second-order valence-electron chi connectivity index (χ2n) is 8.22. The predicted octanol–water partition coefficient (Wildman–Crippen LogP) is 2.38. The summed E-state index contributed by atoms with van der Waals surface area (Å²) in [5.41, 5.74) is 5.56. The molecule has 0 aliphatic heterocycles. The van der Waals surface area contributed by atoms with Crippen LogP contribution in [0.1, 0.15) is 33.1 Å². The van der Waals surface area contributed by atoms with Gasteiger partial charge in [-0.05, 0) is 43.4 Å². The summed E-state index contributed by atoms with van der Waals surface area (Å²) in [6, 6.07) is 2.99. The van der Waals surface area contributed by atoms with Crippen LogP contribution in [0.5, 0.6) is 0 Å². The maximum atomic E-state index is 13.3. The van der Waals surface area contributed by atoms with Gasteiger partial charge in [0.05, 0.1) is 11.3 Å². The molecule has 0 saturated carbocycles. The molecule has 0 saturated heterocycles. The van der Waals surface area contributed by atoms with Crippen LogP contribution in [0.3, 0.4) is 0 Å². The van der Waals surface area contributed by atoms with Gasteiger partial charge in [-0.25, -0.2) is 26.5 Å². The summed E-state index contributed by atoms with van der Waals surface area (Å²) in [6.45, 7) is 3.71. The number of carbonyl (C=O) groups excluding carboxylic acids is 1. The van der Waals surface area contributed by atoms with Gasteiger partial charge in [-0.1, -0.05) is 37.0 Å². The Hall–Kier alpha value is -1.70. The van der Waals surface area contributed by atoms with Gasteiger partial charge in [-0.2, -0.15) is 4.31 Å². The molecule has 0 spiro atoms. The summed E-state index contributed by atoms with van der Waals surface area (Å²) in [6.07, 6.45) is 3.50. The summed E-state index contributed by atoms with van der Waals surface area (Å²) in [5, 5.41) is 0.109. The molecule has 190 valence electrons. The number of nitrogens with two attached hydrogens (primary N) is 1. The van der Waals surface area contributed by atoms with Gasteiger partial charge in [0.15, 0.2) is 5.03 Å².